The third-order valence-corrected chi connectivity index (χ3v) is 23.6. The van der Waals surface area contributed by atoms with Gasteiger partial charge in [-0.05, 0) is 0 Å². The van der Waals surface area contributed by atoms with Crippen LogP contribution >= 0.6 is 0 Å². The number of aromatic amines is 1. The molecule has 13 heteroatoms. The number of hydrogen-bond acceptors (Lipinski definition) is 7. The van der Waals surface area contributed by atoms with Crippen LogP contribution in [-0.4, -0.2) is 74.9 Å². The van der Waals surface area contributed by atoms with Gasteiger partial charge in [-0.2, -0.15) is 0 Å². The van der Waals surface area contributed by atoms with E-state index in [9.17, 15) is 9.59 Å². The molecule has 4 rings (SSSR count). The van der Waals surface area contributed by atoms with E-state index in [0.29, 0.717) is 0 Å². The van der Waals surface area contributed by atoms with Gasteiger partial charge in [0, 0.05) is 0 Å². The summed E-state index contributed by atoms with van der Waals surface area (Å²) in [6.07, 6.45) is -0.316. The Kier molecular flexibility index (Phi) is 10.8. The summed E-state index contributed by atoms with van der Waals surface area (Å²) < 4.78 is 37.5. The summed E-state index contributed by atoms with van der Waals surface area (Å²) in [5, 5.41) is 0. The summed E-state index contributed by atoms with van der Waals surface area (Å²) in [5.41, 5.74) is 1.41. The molecule has 44 heavy (non-hydrogen) atoms. The summed E-state index contributed by atoms with van der Waals surface area (Å²) in [4.78, 5) is 28.4. The van der Waals surface area contributed by atoms with Gasteiger partial charge in [0.25, 0.3) is 0 Å². The molecule has 2 aromatic rings. The standard InChI is InChI=1S/C31H50N2O7SeSi3/c1-12-42(10,11)39-29-28-26(20-36-43(21(2)3,22(4)5)40-44(38-28,23(6)7)24(8)9)37-31(29,41-25-16-14-13-15-17-25)33-19-18-27(34)32-30(33)35/h12-19,21-24,26,28-29H,1,20H2,2-11H3,(H,32,34,35)/t26-,28-,29-,31+/m1/s1. The van der Waals surface area contributed by atoms with Crippen molar-refractivity contribution in [2.24, 2.45) is 0 Å². The van der Waals surface area contributed by atoms with Gasteiger partial charge in [-0.25, -0.2) is 0 Å². The molecule has 9 nitrogen and oxygen atoms in total. The molecule has 244 valence electrons. The van der Waals surface area contributed by atoms with Crippen LogP contribution in [0, 0.1) is 0 Å². The topological polar surface area (TPSA) is 101 Å². The zero-order valence-electron chi connectivity index (χ0n) is 27.8. The first-order valence-corrected chi connectivity index (χ1v) is 24.3. The SMILES string of the molecule is C=C[Si](C)(C)O[C@@H]1[C@@H]2O[Si](C(C)C)(C(C)C)O[Si](C(C)C)(C(C)C)OC[C@H]2O[C@@]1([Se]c1ccccc1)n1ccc(=O)[nH]c1=O. The van der Waals surface area contributed by atoms with Crippen molar-refractivity contribution in [3.8, 4) is 0 Å². The van der Waals surface area contributed by atoms with Crippen LogP contribution in [0.3, 0.4) is 0 Å². The van der Waals surface area contributed by atoms with Crippen molar-refractivity contribution in [1.82, 2.24) is 9.55 Å². The molecular weight excluding hydrogens is 676 g/mol. The van der Waals surface area contributed by atoms with Gasteiger partial charge in [-0.3, -0.25) is 0 Å². The molecule has 1 N–H and O–H groups in total. The third kappa shape index (κ3) is 6.55. The number of nitrogens with zero attached hydrogens (tertiary/aromatic N) is 1. The Balaban J connectivity index is 2.02. The molecule has 2 saturated heterocycles. The molecule has 0 bridgehead atoms. The Morgan fingerprint density at radius 1 is 1.00 bits per heavy atom. The second kappa shape index (κ2) is 13.4. The quantitative estimate of drug-likeness (QED) is 0.350. The van der Waals surface area contributed by atoms with Crippen LogP contribution in [0.4, 0.5) is 0 Å². The summed E-state index contributed by atoms with van der Waals surface area (Å²) in [7, 11) is -8.39. The van der Waals surface area contributed by atoms with Gasteiger partial charge in [0.1, 0.15) is 0 Å². The molecule has 1 aromatic carbocycles. The molecule has 0 amide bonds. The van der Waals surface area contributed by atoms with Crippen molar-refractivity contribution in [2.75, 3.05) is 6.61 Å². The maximum atomic E-state index is 13.7. The number of hydrogen-bond donors (Lipinski definition) is 1. The van der Waals surface area contributed by atoms with Gasteiger partial charge >= 0.3 is 272 Å². The zero-order chi connectivity index (χ0) is 32.7. The average molecular weight is 726 g/mol. The molecule has 0 aliphatic carbocycles. The number of nitrogens with one attached hydrogen (secondary N) is 1. The number of ether oxygens (including phenoxy) is 1. The van der Waals surface area contributed by atoms with Crippen molar-refractivity contribution in [3.63, 3.8) is 0 Å². The zero-order valence-corrected chi connectivity index (χ0v) is 32.5. The number of fused-ring (bicyclic) bond motifs is 1. The van der Waals surface area contributed by atoms with E-state index in [0.717, 1.165) is 4.46 Å². The molecule has 0 saturated carbocycles. The van der Waals surface area contributed by atoms with Gasteiger partial charge in [-0.1, -0.05) is 0 Å². The molecular formula is C31H50N2O7SeSi3. The van der Waals surface area contributed by atoms with Crippen LogP contribution in [-0.2, 0) is 26.8 Å². The van der Waals surface area contributed by atoms with E-state index in [2.05, 4.69) is 80.0 Å². The molecule has 2 aliphatic heterocycles. The van der Waals surface area contributed by atoms with Crippen LogP contribution in [0.5, 0.6) is 0 Å². The van der Waals surface area contributed by atoms with E-state index in [1.165, 1.54) is 16.8 Å². The summed E-state index contributed by atoms with van der Waals surface area (Å²) in [6.45, 7) is 26.0. The Bertz CT molecular complexity index is 1400. The van der Waals surface area contributed by atoms with Gasteiger partial charge in [0.15, 0.2) is 0 Å². The van der Waals surface area contributed by atoms with E-state index >= 15 is 0 Å². The summed E-state index contributed by atoms with van der Waals surface area (Å²) in [6, 6.07) is 11.3. The molecule has 0 radical (unpaired) electrons. The van der Waals surface area contributed by atoms with Gasteiger partial charge < -0.3 is 0 Å². The predicted octanol–water partition coefficient (Wildman–Crippen LogP) is 4.85. The van der Waals surface area contributed by atoms with E-state index in [4.69, 9.17) is 22.1 Å². The van der Waals surface area contributed by atoms with Gasteiger partial charge in [-0.15, -0.1) is 0 Å². The maximum absolute atomic E-state index is 13.7. The van der Waals surface area contributed by atoms with Crippen molar-refractivity contribution >= 4 is 44.9 Å². The predicted molar refractivity (Wildman–Crippen MR) is 182 cm³/mol. The van der Waals surface area contributed by atoms with E-state index in [1.807, 2.05) is 36.0 Å². The molecule has 3 heterocycles. The minimum atomic E-state index is -3.04. The fourth-order valence-corrected chi connectivity index (χ4v) is 21.6. The number of rotatable bonds is 10. The number of H-pyrrole nitrogens is 1. The van der Waals surface area contributed by atoms with Crippen LogP contribution in [0.25, 0.3) is 0 Å². The normalized spacial score (nSPS) is 27.0. The van der Waals surface area contributed by atoms with E-state index in [1.54, 1.807) is 0 Å². The van der Waals surface area contributed by atoms with Crippen LogP contribution < -0.4 is 15.7 Å². The summed E-state index contributed by atoms with van der Waals surface area (Å²) >= 11 is -0.498. The van der Waals surface area contributed by atoms with Crippen LogP contribution in [0.15, 0.2) is 64.5 Å². The molecule has 2 fully saturated rings. The van der Waals surface area contributed by atoms with Crippen LogP contribution in [0.1, 0.15) is 55.4 Å². The second-order valence-electron chi connectivity index (χ2n) is 13.6. The first kappa shape index (κ1) is 35.5. The Morgan fingerprint density at radius 2 is 1.59 bits per heavy atom. The molecule has 0 unspecified atom stereocenters. The second-order valence-corrected chi connectivity index (χ2v) is 28.9. The van der Waals surface area contributed by atoms with Crippen LogP contribution in [0.2, 0.25) is 35.3 Å². The first-order valence-electron chi connectivity index (χ1n) is 15.6. The average Bonchev–Trinajstić information content (AvgIpc) is 3.19. The first-order chi connectivity index (χ1) is 20.5. The minimum absolute atomic E-state index is 0.102. The Morgan fingerprint density at radius 3 is 2.11 bits per heavy atom. The van der Waals surface area contributed by atoms with Gasteiger partial charge in [0.05, 0.1) is 0 Å². The fraction of sp³-hybridized carbons (Fsp3) is 0.613. The molecule has 0 spiro atoms. The third-order valence-electron chi connectivity index (χ3n) is 8.77. The summed E-state index contributed by atoms with van der Waals surface area (Å²) in [5.74, 6) is 0. The molecule has 1 aromatic heterocycles. The van der Waals surface area contributed by atoms with E-state index < -0.39 is 74.6 Å². The van der Waals surface area contributed by atoms with E-state index in [-0.39, 0.29) is 28.8 Å². The van der Waals surface area contributed by atoms with Gasteiger partial charge in [0.2, 0.25) is 0 Å². The monoisotopic (exact) mass is 726 g/mol. The Hall–Kier alpha value is -1.39. The molecule has 4 atom stereocenters. The number of aromatic nitrogens is 2. The Labute approximate surface area is 271 Å². The van der Waals surface area contributed by atoms with Crippen molar-refractivity contribution in [1.29, 1.82) is 0 Å². The van der Waals surface area contributed by atoms with Crippen molar-refractivity contribution < 1.29 is 22.1 Å². The molecule has 2 aliphatic rings. The van der Waals surface area contributed by atoms with Crippen molar-refractivity contribution in [2.45, 2.75) is 114 Å². The number of benzene rings is 1. The van der Waals surface area contributed by atoms with Crippen molar-refractivity contribution in [3.05, 3.63) is 75.7 Å². The fourth-order valence-electron chi connectivity index (χ4n) is 6.32.